The maximum absolute atomic E-state index is 2.30. The van der Waals surface area contributed by atoms with Gasteiger partial charge in [0.05, 0.1) is 0 Å². The minimum atomic E-state index is 1.35. The third-order valence-corrected chi connectivity index (χ3v) is 6.53. The Morgan fingerprint density at radius 2 is 0.517 bits per heavy atom. The van der Waals surface area contributed by atoms with Gasteiger partial charge < -0.3 is 0 Å². The fourth-order valence-corrected chi connectivity index (χ4v) is 4.44. The van der Waals surface area contributed by atoms with Crippen molar-refractivity contribution in [3.8, 4) is 0 Å². The van der Waals surface area contributed by atoms with Gasteiger partial charge in [-0.3, -0.25) is 0 Å². The van der Waals surface area contributed by atoms with E-state index in [1.807, 2.05) is 0 Å². The predicted molar refractivity (Wildman–Crippen MR) is 136 cm³/mol. The summed E-state index contributed by atoms with van der Waals surface area (Å²) in [4.78, 5) is 0. The molecule has 0 aliphatic heterocycles. The maximum atomic E-state index is 2.30. The fraction of sp³-hybridized carbons (Fsp3) is 0.966. The molecule has 0 bridgehead atoms. The van der Waals surface area contributed by atoms with Crippen LogP contribution in [0, 0.1) is 5.92 Å². The molecule has 0 nitrogen and oxygen atoms in total. The number of rotatable bonds is 25. The molecule has 0 spiro atoms. The highest BCUT2D eigenvalue weighted by Crippen LogP contribution is 2.16. The fourth-order valence-electron chi connectivity index (χ4n) is 4.44. The van der Waals surface area contributed by atoms with Crippen LogP contribution in [0.1, 0.15) is 181 Å². The van der Waals surface area contributed by atoms with Crippen molar-refractivity contribution in [2.45, 2.75) is 181 Å². The summed E-state index contributed by atoms with van der Waals surface area (Å²) < 4.78 is 0. The molecular weight excluding hydrogens is 348 g/mol. The first-order chi connectivity index (χ1) is 14.3. The molecular formula is C29H59. The van der Waals surface area contributed by atoms with Crippen LogP contribution in [0.15, 0.2) is 0 Å². The second-order valence-corrected chi connectivity index (χ2v) is 10.1. The van der Waals surface area contributed by atoms with Crippen molar-refractivity contribution < 1.29 is 0 Å². The van der Waals surface area contributed by atoms with E-state index in [4.69, 9.17) is 0 Å². The van der Waals surface area contributed by atoms with Gasteiger partial charge in [-0.1, -0.05) is 175 Å². The van der Waals surface area contributed by atoms with Gasteiger partial charge in [0.15, 0.2) is 0 Å². The molecule has 29 heavy (non-hydrogen) atoms. The Bertz CT molecular complexity index is 267. The van der Waals surface area contributed by atoms with Crippen molar-refractivity contribution >= 4 is 0 Å². The lowest BCUT2D eigenvalue weighted by atomic mass is 10.0. The third-order valence-electron chi connectivity index (χ3n) is 6.53. The van der Waals surface area contributed by atoms with Crippen LogP contribution in [0.25, 0.3) is 0 Å². The summed E-state index contributed by atoms with van der Waals surface area (Å²) in [6.07, 6.45) is 36.7. The van der Waals surface area contributed by atoms with Crippen LogP contribution in [0.2, 0.25) is 0 Å². The summed E-state index contributed by atoms with van der Waals surface area (Å²) in [6.45, 7) is 6.83. The van der Waals surface area contributed by atoms with Crippen LogP contribution in [-0.2, 0) is 0 Å². The van der Waals surface area contributed by atoms with E-state index in [1.54, 1.807) is 5.92 Å². The van der Waals surface area contributed by atoms with Gasteiger partial charge in [-0.25, -0.2) is 0 Å². The molecule has 0 aromatic rings. The summed E-state index contributed by atoms with van der Waals surface area (Å²) in [7, 11) is 0. The van der Waals surface area contributed by atoms with E-state index >= 15 is 0 Å². The van der Waals surface area contributed by atoms with Crippen molar-refractivity contribution in [2.75, 3.05) is 0 Å². The molecule has 0 aromatic carbocycles. The monoisotopic (exact) mass is 407 g/mol. The zero-order valence-corrected chi connectivity index (χ0v) is 21.2. The smallest absolute Gasteiger partial charge is 0.0303 e. The SMILES string of the molecule is CCCCCCCCCCCCCCCCCCCCCCCCCC[C](C)C. The first kappa shape index (κ1) is 29.0. The first-order valence-corrected chi connectivity index (χ1v) is 14.1. The van der Waals surface area contributed by atoms with Gasteiger partial charge >= 0.3 is 0 Å². The first-order valence-electron chi connectivity index (χ1n) is 14.1. The van der Waals surface area contributed by atoms with E-state index in [0.717, 1.165) is 0 Å². The van der Waals surface area contributed by atoms with Crippen LogP contribution < -0.4 is 0 Å². The molecule has 0 aliphatic rings. The molecule has 0 aliphatic carbocycles. The molecule has 0 amide bonds. The Morgan fingerprint density at radius 1 is 0.310 bits per heavy atom. The normalized spacial score (nSPS) is 11.6. The summed E-state index contributed by atoms with van der Waals surface area (Å²) in [5, 5.41) is 0. The Labute approximate surface area is 187 Å². The number of hydrogen-bond acceptors (Lipinski definition) is 0. The molecule has 0 saturated heterocycles. The van der Waals surface area contributed by atoms with Crippen molar-refractivity contribution in [1.82, 2.24) is 0 Å². The highest BCUT2D eigenvalue weighted by Gasteiger charge is 1.97. The standard InChI is InChI=1S/C29H59/c1-4-5-6-7-8-9-10-11-12-13-14-15-16-17-18-19-20-21-22-23-24-25-26-27-28-29(2)3/h4-28H2,1-3H3. The predicted octanol–water partition coefficient (Wildman–Crippen LogP) is 11.4. The second kappa shape index (κ2) is 26.0. The quantitative estimate of drug-likeness (QED) is 0.132. The molecule has 0 aromatic heterocycles. The van der Waals surface area contributed by atoms with E-state index < -0.39 is 0 Å². The third kappa shape index (κ3) is 28.0. The van der Waals surface area contributed by atoms with Crippen LogP contribution in [0.3, 0.4) is 0 Å². The molecule has 0 heterocycles. The van der Waals surface area contributed by atoms with Crippen molar-refractivity contribution in [3.05, 3.63) is 5.92 Å². The lowest BCUT2D eigenvalue weighted by Crippen LogP contribution is -1.86. The topological polar surface area (TPSA) is 0 Å². The van der Waals surface area contributed by atoms with Gasteiger partial charge in [0.25, 0.3) is 0 Å². The summed E-state index contributed by atoms with van der Waals surface area (Å²) >= 11 is 0. The Morgan fingerprint density at radius 3 is 0.724 bits per heavy atom. The molecule has 0 heteroatoms. The zero-order valence-electron chi connectivity index (χ0n) is 21.2. The van der Waals surface area contributed by atoms with Gasteiger partial charge in [0.1, 0.15) is 0 Å². The van der Waals surface area contributed by atoms with Crippen LogP contribution in [0.5, 0.6) is 0 Å². The number of unbranched alkanes of at least 4 members (excludes halogenated alkanes) is 23. The van der Waals surface area contributed by atoms with Gasteiger partial charge in [-0.15, -0.1) is 0 Å². The average molecular weight is 408 g/mol. The van der Waals surface area contributed by atoms with Crippen molar-refractivity contribution in [3.63, 3.8) is 0 Å². The zero-order chi connectivity index (χ0) is 21.3. The van der Waals surface area contributed by atoms with Crippen LogP contribution in [0.4, 0.5) is 0 Å². The lowest BCUT2D eigenvalue weighted by molar-refractivity contribution is 0.516. The van der Waals surface area contributed by atoms with Gasteiger partial charge in [-0.2, -0.15) is 0 Å². The highest BCUT2D eigenvalue weighted by atomic mass is 14.0. The molecule has 0 unspecified atom stereocenters. The average Bonchev–Trinajstić information content (AvgIpc) is 2.71. The second-order valence-electron chi connectivity index (χ2n) is 10.1. The van der Waals surface area contributed by atoms with E-state index in [0.29, 0.717) is 0 Å². The summed E-state index contributed by atoms with van der Waals surface area (Å²) in [5.41, 5.74) is 0. The van der Waals surface area contributed by atoms with Crippen LogP contribution in [-0.4, -0.2) is 0 Å². The molecule has 0 rings (SSSR count). The summed E-state index contributed by atoms with van der Waals surface area (Å²) in [6, 6.07) is 0. The van der Waals surface area contributed by atoms with Crippen LogP contribution >= 0.6 is 0 Å². The molecule has 1 radical (unpaired) electrons. The molecule has 0 N–H and O–H groups in total. The molecule has 175 valence electrons. The largest absolute Gasteiger partial charge is 0.0654 e. The lowest BCUT2D eigenvalue weighted by Gasteiger charge is -2.05. The Hall–Kier alpha value is 0. The Kier molecular flexibility index (Phi) is 26.0. The van der Waals surface area contributed by atoms with E-state index in [2.05, 4.69) is 20.8 Å². The molecule has 0 saturated carbocycles. The highest BCUT2D eigenvalue weighted by molar-refractivity contribution is 4.75. The van der Waals surface area contributed by atoms with Gasteiger partial charge in [-0.05, 0) is 12.3 Å². The van der Waals surface area contributed by atoms with E-state index in [9.17, 15) is 0 Å². The van der Waals surface area contributed by atoms with Gasteiger partial charge in [0.2, 0.25) is 0 Å². The maximum Gasteiger partial charge on any atom is -0.0303 e. The minimum absolute atomic E-state index is 1.35. The summed E-state index contributed by atoms with van der Waals surface area (Å²) in [5.74, 6) is 1.60. The van der Waals surface area contributed by atoms with Crippen molar-refractivity contribution in [1.29, 1.82) is 0 Å². The minimum Gasteiger partial charge on any atom is -0.0654 e. The van der Waals surface area contributed by atoms with Gasteiger partial charge in [0, 0.05) is 0 Å². The molecule has 0 fully saturated rings. The Balaban J connectivity index is 2.98. The van der Waals surface area contributed by atoms with E-state index in [-0.39, 0.29) is 0 Å². The molecule has 0 atom stereocenters. The number of hydrogen-bond donors (Lipinski definition) is 0. The van der Waals surface area contributed by atoms with E-state index in [1.165, 1.54) is 161 Å². The van der Waals surface area contributed by atoms with Crippen molar-refractivity contribution in [2.24, 2.45) is 0 Å².